The molecule has 0 spiro atoms. The Morgan fingerprint density at radius 3 is 2.65 bits per heavy atom. The molecule has 1 nitrogen and oxygen atoms in total. The lowest BCUT2D eigenvalue weighted by Crippen LogP contribution is -2.18. The normalized spacial score (nSPS) is 11.8. The lowest BCUT2D eigenvalue weighted by atomic mass is 10.1. The van der Waals surface area contributed by atoms with Crippen molar-refractivity contribution in [3.8, 4) is 0 Å². The molecular formula is C11H13ClF3NS. The van der Waals surface area contributed by atoms with E-state index in [2.05, 4.69) is 5.32 Å². The van der Waals surface area contributed by atoms with Gasteiger partial charge in [0, 0.05) is 23.9 Å². The van der Waals surface area contributed by atoms with Crippen molar-refractivity contribution in [2.45, 2.75) is 19.0 Å². The van der Waals surface area contributed by atoms with Crippen LogP contribution in [0.3, 0.4) is 0 Å². The van der Waals surface area contributed by atoms with Crippen LogP contribution in [0.2, 0.25) is 5.02 Å². The van der Waals surface area contributed by atoms with Crippen molar-refractivity contribution < 1.29 is 13.2 Å². The minimum absolute atomic E-state index is 0.00692. The summed E-state index contributed by atoms with van der Waals surface area (Å²) in [6, 6.07) is 5.64. The number of rotatable bonds is 5. The van der Waals surface area contributed by atoms with E-state index in [1.54, 1.807) is 0 Å². The van der Waals surface area contributed by atoms with Gasteiger partial charge in [-0.25, -0.2) is 0 Å². The summed E-state index contributed by atoms with van der Waals surface area (Å²) in [7, 11) is 0. The molecule has 0 unspecified atom stereocenters. The Balaban J connectivity index is 2.27. The summed E-state index contributed by atoms with van der Waals surface area (Å²) in [6.07, 6.45) is 0. The zero-order valence-corrected chi connectivity index (χ0v) is 10.8. The number of hydrogen-bond donors (Lipinski definition) is 1. The predicted molar refractivity (Wildman–Crippen MR) is 66.4 cm³/mol. The largest absolute Gasteiger partial charge is 0.441 e. The number of aryl methyl sites for hydroxylation is 1. The third kappa shape index (κ3) is 6.19. The summed E-state index contributed by atoms with van der Waals surface area (Å²) in [5.41, 5.74) is -2.19. The van der Waals surface area contributed by atoms with Crippen molar-refractivity contribution in [1.29, 1.82) is 0 Å². The second-order valence-corrected chi connectivity index (χ2v) is 5.13. The van der Waals surface area contributed by atoms with Gasteiger partial charge < -0.3 is 5.32 Å². The summed E-state index contributed by atoms with van der Waals surface area (Å²) < 4.78 is 35.5. The Hall–Kier alpha value is -0.390. The van der Waals surface area contributed by atoms with Crippen LogP contribution < -0.4 is 5.32 Å². The molecule has 0 fully saturated rings. The molecule has 1 rings (SSSR count). The van der Waals surface area contributed by atoms with Gasteiger partial charge in [0.1, 0.15) is 0 Å². The topological polar surface area (TPSA) is 12.0 Å². The fourth-order valence-electron chi connectivity index (χ4n) is 1.26. The molecule has 96 valence electrons. The number of nitrogens with one attached hydrogen (secondary N) is 1. The number of benzene rings is 1. The number of hydrogen-bond acceptors (Lipinski definition) is 2. The summed E-state index contributed by atoms with van der Waals surface area (Å²) in [5, 5.41) is 3.57. The van der Waals surface area contributed by atoms with E-state index in [1.807, 2.05) is 25.1 Å². The summed E-state index contributed by atoms with van der Waals surface area (Å²) >= 11 is 5.97. The van der Waals surface area contributed by atoms with E-state index in [-0.39, 0.29) is 17.5 Å². The van der Waals surface area contributed by atoms with Gasteiger partial charge in [0.15, 0.2) is 0 Å². The zero-order chi connectivity index (χ0) is 12.9. The van der Waals surface area contributed by atoms with Gasteiger partial charge in [0.05, 0.1) is 0 Å². The average Bonchev–Trinajstić information content (AvgIpc) is 2.18. The van der Waals surface area contributed by atoms with E-state index in [1.165, 1.54) is 0 Å². The molecule has 1 aromatic carbocycles. The van der Waals surface area contributed by atoms with Crippen molar-refractivity contribution in [3.63, 3.8) is 0 Å². The third-order valence-electron chi connectivity index (χ3n) is 2.07. The summed E-state index contributed by atoms with van der Waals surface area (Å²) in [4.78, 5) is 0. The SMILES string of the molecule is Cc1ccc(CNCCSC(F)(F)F)c(Cl)c1. The third-order valence-corrected chi connectivity index (χ3v) is 3.16. The smallest absolute Gasteiger partial charge is 0.312 e. The van der Waals surface area contributed by atoms with Gasteiger partial charge in [-0.2, -0.15) is 13.2 Å². The predicted octanol–water partition coefficient (Wildman–Crippen LogP) is 3.99. The first-order valence-electron chi connectivity index (χ1n) is 5.05. The molecule has 0 aliphatic carbocycles. The second kappa shape index (κ2) is 6.52. The molecule has 0 saturated carbocycles. The van der Waals surface area contributed by atoms with Gasteiger partial charge >= 0.3 is 5.51 Å². The highest BCUT2D eigenvalue weighted by atomic mass is 35.5. The average molecular weight is 284 g/mol. The minimum Gasteiger partial charge on any atom is -0.312 e. The van der Waals surface area contributed by atoms with E-state index in [0.29, 0.717) is 18.1 Å². The van der Waals surface area contributed by atoms with E-state index >= 15 is 0 Å². The molecule has 17 heavy (non-hydrogen) atoms. The van der Waals surface area contributed by atoms with Crippen LogP contribution in [0.15, 0.2) is 18.2 Å². The van der Waals surface area contributed by atoms with Crippen LogP contribution >= 0.6 is 23.4 Å². The van der Waals surface area contributed by atoms with Crippen molar-refractivity contribution in [3.05, 3.63) is 34.3 Å². The molecule has 0 aromatic heterocycles. The first-order valence-corrected chi connectivity index (χ1v) is 6.41. The molecule has 0 aliphatic heterocycles. The van der Waals surface area contributed by atoms with Crippen molar-refractivity contribution in [2.75, 3.05) is 12.3 Å². The van der Waals surface area contributed by atoms with Crippen LogP contribution in [0.5, 0.6) is 0 Å². The Morgan fingerprint density at radius 2 is 2.06 bits per heavy atom. The van der Waals surface area contributed by atoms with Gasteiger partial charge in [-0.1, -0.05) is 23.7 Å². The van der Waals surface area contributed by atoms with Gasteiger partial charge in [0.2, 0.25) is 0 Å². The lowest BCUT2D eigenvalue weighted by Gasteiger charge is -2.08. The van der Waals surface area contributed by atoms with Crippen molar-refractivity contribution in [1.82, 2.24) is 5.32 Å². The molecular weight excluding hydrogens is 271 g/mol. The van der Waals surface area contributed by atoms with Gasteiger partial charge in [-0.3, -0.25) is 0 Å². The summed E-state index contributed by atoms with van der Waals surface area (Å²) in [5.74, 6) is 0.00692. The Kier molecular flexibility index (Phi) is 5.62. The Morgan fingerprint density at radius 1 is 1.35 bits per heavy atom. The monoisotopic (exact) mass is 283 g/mol. The quantitative estimate of drug-likeness (QED) is 0.820. The highest BCUT2D eigenvalue weighted by molar-refractivity contribution is 8.00. The maximum Gasteiger partial charge on any atom is 0.441 e. The first kappa shape index (κ1) is 14.7. The molecule has 1 N–H and O–H groups in total. The second-order valence-electron chi connectivity index (χ2n) is 3.57. The lowest BCUT2D eigenvalue weighted by molar-refractivity contribution is -0.0327. The molecule has 1 aromatic rings. The Bertz CT molecular complexity index is 368. The van der Waals surface area contributed by atoms with Crippen molar-refractivity contribution in [2.24, 2.45) is 0 Å². The first-order chi connectivity index (χ1) is 7.88. The van der Waals surface area contributed by atoms with E-state index in [9.17, 15) is 13.2 Å². The highest BCUT2D eigenvalue weighted by Gasteiger charge is 2.27. The maximum absolute atomic E-state index is 11.8. The minimum atomic E-state index is -4.15. The standard InChI is InChI=1S/C11H13ClF3NS/c1-8-2-3-9(10(12)6-8)7-16-4-5-17-11(13,14)15/h2-3,6,16H,4-5,7H2,1H3. The molecule has 0 radical (unpaired) electrons. The highest BCUT2D eigenvalue weighted by Crippen LogP contribution is 2.29. The van der Waals surface area contributed by atoms with Gasteiger partial charge in [0.25, 0.3) is 0 Å². The van der Waals surface area contributed by atoms with Crippen molar-refractivity contribution >= 4 is 23.4 Å². The van der Waals surface area contributed by atoms with Crippen LogP contribution in [0.25, 0.3) is 0 Å². The zero-order valence-electron chi connectivity index (χ0n) is 9.27. The molecule has 0 saturated heterocycles. The molecule has 0 aliphatic rings. The maximum atomic E-state index is 11.8. The molecule has 6 heteroatoms. The summed E-state index contributed by atoms with van der Waals surface area (Å²) in [6.45, 7) is 2.72. The van der Waals surface area contributed by atoms with Crippen LogP contribution in [0.4, 0.5) is 13.2 Å². The van der Waals surface area contributed by atoms with E-state index < -0.39 is 5.51 Å². The fraction of sp³-hybridized carbons (Fsp3) is 0.455. The molecule has 0 amide bonds. The molecule has 0 atom stereocenters. The van der Waals surface area contributed by atoms with Crippen LogP contribution in [0.1, 0.15) is 11.1 Å². The van der Waals surface area contributed by atoms with E-state index in [0.717, 1.165) is 11.1 Å². The van der Waals surface area contributed by atoms with Gasteiger partial charge in [-0.15, -0.1) is 0 Å². The number of alkyl halides is 3. The molecule has 0 heterocycles. The fourth-order valence-corrected chi connectivity index (χ4v) is 2.04. The molecule has 0 bridgehead atoms. The van der Waals surface area contributed by atoms with Crippen LogP contribution in [0, 0.1) is 6.92 Å². The van der Waals surface area contributed by atoms with Gasteiger partial charge in [-0.05, 0) is 35.9 Å². The Labute approximate surface area is 108 Å². The number of thioether (sulfide) groups is 1. The van der Waals surface area contributed by atoms with E-state index in [4.69, 9.17) is 11.6 Å². The van der Waals surface area contributed by atoms with Crippen LogP contribution in [-0.2, 0) is 6.54 Å². The number of halogens is 4. The van der Waals surface area contributed by atoms with Crippen LogP contribution in [-0.4, -0.2) is 17.8 Å².